The first-order valence-electron chi connectivity index (χ1n) is 10.2. The molecule has 0 amide bonds. The summed E-state index contributed by atoms with van der Waals surface area (Å²) in [6, 6.07) is 5.37. The summed E-state index contributed by atoms with van der Waals surface area (Å²) in [4.78, 5) is 12.9. The SMILES string of the molecule is C=C(C)[C@@H](CC=C(C)C)Cc1c(O)cc2c(c1O)C(=O)C[C@@H](c1ccc(O)cc1O)O2. The molecular formula is C25H28O6. The molecule has 3 rings (SSSR count). The molecule has 0 saturated carbocycles. The van der Waals surface area contributed by atoms with Crippen LogP contribution < -0.4 is 4.74 Å². The zero-order chi connectivity index (χ0) is 22.9. The number of benzene rings is 2. The minimum atomic E-state index is -0.800. The van der Waals surface area contributed by atoms with Crippen LogP contribution in [0.2, 0.25) is 0 Å². The summed E-state index contributed by atoms with van der Waals surface area (Å²) < 4.78 is 5.85. The molecule has 0 aromatic heterocycles. The average Bonchev–Trinajstić information content (AvgIpc) is 2.66. The maximum Gasteiger partial charge on any atom is 0.174 e. The number of ketones is 1. The summed E-state index contributed by atoms with van der Waals surface area (Å²) in [7, 11) is 0. The monoisotopic (exact) mass is 424 g/mol. The smallest absolute Gasteiger partial charge is 0.174 e. The summed E-state index contributed by atoms with van der Waals surface area (Å²) >= 11 is 0. The van der Waals surface area contributed by atoms with Gasteiger partial charge in [-0.2, -0.15) is 0 Å². The molecule has 0 fully saturated rings. The van der Waals surface area contributed by atoms with Crippen molar-refractivity contribution in [1.82, 2.24) is 0 Å². The van der Waals surface area contributed by atoms with Crippen molar-refractivity contribution in [2.24, 2.45) is 5.92 Å². The Balaban J connectivity index is 1.95. The normalized spacial score (nSPS) is 16.2. The summed E-state index contributed by atoms with van der Waals surface area (Å²) in [6.07, 6.45) is 2.23. The number of rotatable bonds is 6. The van der Waals surface area contributed by atoms with Crippen LogP contribution in [0.3, 0.4) is 0 Å². The van der Waals surface area contributed by atoms with E-state index in [9.17, 15) is 25.2 Å². The number of phenolic OH excluding ortho intramolecular Hbond substituents is 4. The Kier molecular flexibility index (Phi) is 6.29. The van der Waals surface area contributed by atoms with Crippen molar-refractivity contribution in [3.05, 3.63) is 64.8 Å². The van der Waals surface area contributed by atoms with Crippen molar-refractivity contribution < 1.29 is 30.0 Å². The lowest BCUT2D eigenvalue weighted by atomic mass is 9.86. The second kappa shape index (κ2) is 8.76. The van der Waals surface area contributed by atoms with E-state index in [1.807, 2.05) is 20.8 Å². The molecular weight excluding hydrogens is 396 g/mol. The zero-order valence-corrected chi connectivity index (χ0v) is 18.0. The molecule has 0 spiro atoms. The van der Waals surface area contributed by atoms with E-state index in [0.717, 1.165) is 11.1 Å². The first-order valence-corrected chi connectivity index (χ1v) is 10.2. The van der Waals surface area contributed by atoms with Gasteiger partial charge in [0.2, 0.25) is 0 Å². The molecule has 0 unspecified atom stereocenters. The lowest BCUT2D eigenvalue weighted by molar-refractivity contribution is 0.0841. The van der Waals surface area contributed by atoms with E-state index in [-0.39, 0.29) is 58.0 Å². The fourth-order valence-corrected chi connectivity index (χ4v) is 3.76. The third kappa shape index (κ3) is 4.68. The average molecular weight is 424 g/mol. The number of carbonyl (C=O) groups excluding carboxylic acids is 1. The molecule has 1 heterocycles. The van der Waals surface area contributed by atoms with Crippen molar-refractivity contribution >= 4 is 5.78 Å². The lowest BCUT2D eigenvalue weighted by Gasteiger charge is -2.28. The first-order chi connectivity index (χ1) is 14.6. The number of phenols is 4. The standard InChI is InChI=1S/C25H28O6/c1-13(2)5-6-15(14(3)4)9-18-20(28)11-23-24(25(18)30)21(29)12-22(31-23)17-8-7-16(26)10-19(17)27/h5,7-8,10-11,15,22,26-28,30H,3,6,9,12H2,1-2,4H3/t15-,22-/m0/s1. The van der Waals surface area contributed by atoms with Crippen LogP contribution in [0, 0.1) is 5.92 Å². The number of carbonyl (C=O) groups is 1. The van der Waals surface area contributed by atoms with Gasteiger partial charge >= 0.3 is 0 Å². The minimum absolute atomic E-state index is 0.00828. The van der Waals surface area contributed by atoms with Crippen LogP contribution in [-0.4, -0.2) is 26.2 Å². The Bertz CT molecular complexity index is 1060. The van der Waals surface area contributed by atoms with Gasteiger partial charge in [0.1, 0.15) is 40.4 Å². The molecule has 4 N–H and O–H groups in total. The van der Waals surface area contributed by atoms with Gasteiger partial charge in [-0.05, 0) is 51.7 Å². The Morgan fingerprint density at radius 1 is 1.16 bits per heavy atom. The van der Waals surface area contributed by atoms with Crippen LogP contribution >= 0.6 is 0 Å². The number of fused-ring (bicyclic) bond motifs is 1. The van der Waals surface area contributed by atoms with E-state index < -0.39 is 6.10 Å². The van der Waals surface area contributed by atoms with Crippen molar-refractivity contribution in [2.45, 2.75) is 46.1 Å². The quantitative estimate of drug-likeness (QED) is 0.468. The minimum Gasteiger partial charge on any atom is -0.508 e. The molecule has 2 aromatic carbocycles. The van der Waals surface area contributed by atoms with Crippen molar-refractivity contribution in [3.63, 3.8) is 0 Å². The Morgan fingerprint density at radius 3 is 2.48 bits per heavy atom. The van der Waals surface area contributed by atoms with Crippen LogP contribution in [0.1, 0.15) is 61.2 Å². The fourth-order valence-electron chi connectivity index (χ4n) is 3.76. The van der Waals surface area contributed by atoms with E-state index in [0.29, 0.717) is 18.4 Å². The van der Waals surface area contributed by atoms with Gasteiger partial charge in [0.15, 0.2) is 5.78 Å². The van der Waals surface area contributed by atoms with Gasteiger partial charge in [-0.15, -0.1) is 0 Å². The number of hydrogen-bond donors (Lipinski definition) is 4. The highest BCUT2D eigenvalue weighted by molar-refractivity contribution is 6.03. The van der Waals surface area contributed by atoms with E-state index >= 15 is 0 Å². The number of aromatic hydroxyl groups is 4. The van der Waals surface area contributed by atoms with Gasteiger partial charge in [0.25, 0.3) is 0 Å². The lowest BCUT2D eigenvalue weighted by Crippen LogP contribution is -2.21. The highest BCUT2D eigenvalue weighted by atomic mass is 16.5. The summed E-state index contributed by atoms with van der Waals surface area (Å²) in [5.74, 6) is -1.05. The predicted octanol–water partition coefficient (Wildman–Crippen LogP) is 5.31. The highest BCUT2D eigenvalue weighted by Gasteiger charge is 2.34. The van der Waals surface area contributed by atoms with Crippen LogP contribution in [0.15, 0.2) is 48.1 Å². The third-order valence-corrected chi connectivity index (χ3v) is 5.58. The van der Waals surface area contributed by atoms with Crippen molar-refractivity contribution in [3.8, 4) is 28.7 Å². The zero-order valence-electron chi connectivity index (χ0n) is 18.0. The summed E-state index contributed by atoms with van der Waals surface area (Å²) in [5, 5.41) is 41.1. The van der Waals surface area contributed by atoms with Crippen LogP contribution in [-0.2, 0) is 6.42 Å². The van der Waals surface area contributed by atoms with E-state index in [1.54, 1.807) is 0 Å². The second-order valence-electron chi connectivity index (χ2n) is 8.34. The molecule has 1 aliphatic rings. The highest BCUT2D eigenvalue weighted by Crippen LogP contribution is 2.46. The molecule has 6 heteroatoms. The first kappa shape index (κ1) is 22.3. The fraction of sp³-hybridized carbons (Fsp3) is 0.320. The van der Waals surface area contributed by atoms with Gasteiger partial charge in [-0.1, -0.05) is 23.8 Å². The number of allylic oxidation sites excluding steroid dienone is 3. The molecule has 0 saturated heterocycles. The number of Topliss-reactive ketones (excluding diaryl/α,β-unsaturated/α-hetero) is 1. The van der Waals surface area contributed by atoms with Crippen LogP contribution in [0.5, 0.6) is 28.7 Å². The maximum atomic E-state index is 12.9. The largest absolute Gasteiger partial charge is 0.508 e. The van der Waals surface area contributed by atoms with Gasteiger partial charge in [0.05, 0.1) is 6.42 Å². The molecule has 0 radical (unpaired) electrons. The van der Waals surface area contributed by atoms with E-state index in [4.69, 9.17) is 4.74 Å². The molecule has 6 nitrogen and oxygen atoms in total. The topological polar surface area (TPSA) is 107 Å². The van der Waals surface area contributed by atoms with E-state index in [1.165, 1.54) is 24.3 Å². The molecule has 0 bridgehead atoms. The summed E-state index contributed by atoms with van der Waals surface area (Å²) in [6.45, 7) is 9.93. The van der Waals surface area contributed by atoms with Gasteiger partial charge < -0.3 is 25.2 Å². The molecule has 164 valence electrons. The van der Waals surface area contributed by atoms with Gasteiger partial charge in [0, 0.05) is 23.3 Å². The third-order valence-electron chi connectivity index (χ3n) is 5.58. The summed E-state index contributed by atoms with van der Waals surface area (Å²) in [5.41, 5.74) is 2.74. The van der Waals surface area contributed by atoms with E-state index in [2.05, 4.69) is 12.7 Å². The second-order valence-corrected chi connectivity index (χ2v) is 8.34. The number of hydrogen-bond acceptors (Lipinski definition) is 6. The van der Waals surface area contributed by atoms with Gasteiger partial charge in [-0.3, -0.25) is 4.79 Å². The predicted molar refractivity (Wildman–Crippen MR) is 118 cm³/mol. The number of ether oxygens (including phenoxy) is 1. The molecule has 31 heavy (non-hydrogen) atoms. The van der Waals surface area contributed by atoms with Crippen molar-refractivity contribution in [2.75, 3.05) is 0 Å². The molecule has 0 aliphatic carbocycles. The Hall–Kier alpha value is -3.41. The van der Waals surface area contributed by atoms with Crippen LogP contribution in [0.4, 0.5) is 0 Å². The molecule has 2 atom stereocenters. The van der Waals surface area contributed by atoms with Crippen LogP contribution in [0.25, 0.3) is 0 Å². The maximum absolute atomic E-state index is 12.9. The molecule has 2 aromatic rings. The van der Waals surface area contributed by atoms with Gasteiger partial charge in [-0.25, -0.2) is 0 Å². The molecule has 1 aliphatic heterocycles. The Morgan fingerprint density at radius 2 is 1.87 bits per heavy atom. The van der Waals surface area contributed by atoms with Crippen molar-refractivity contribution in [1.29, 1.82) is 0 Å². The Labute approximate surface area is 181 Å².